The Morgan fingerprint density at radius 1 is 1.10 bits per heavy atom. The van der Waals surface area contributed by atoms with Crippen LogP contribution in [0.2, 0.25) is 0 Å². The Labute approximate surface area is 168 Å². The number of aliphatic hydroxyl groups is 1. The first-order valence-corrected chi connectivity index (χ1v) is 8.93. The molecule has 1 aromatic heterocycles. The molecule has 1 aromatic carbocycles. The molecule has 0 radical (unpaired) electrons. The van der Waals surface area contributed by atoms with Crippen LogP contribution in [0.1, 0.15) is 17.2 Å². The lowest BCUT2D eigenvalue weighted by atomic mass is 9.94. The fourth-order valence-corrected chi connectivity index (χ4v) is 3.42. The van der Waals surface area contributed by atoms with Crippen LogP contribution in [0.25, 0.3) is 5.76 Å². The number of nitrogens with zero attached hydrogens (tertiary/aromatic N) is 2. The van der Waals surface area contributed by atoms with Crippen molar-refractivity contribution in [3.8, 4) is 11.5 Å². The fraction of sp³-hybridized carbons (Fsp3) is 0.286. The molecule has 0 bridgehead atoms. The third-order valence-corrected chi connectivity index (χ3v) is 4.76. The van der Waals surface area contributed by atoms with Crippen molar-refractivity contribution in [2.75, 3.05) is 34.5 Å². The second-order valence-corrected chi connectivity index (χ2v) is 6.30. The zero-order valence-corrected chi connectivity index (χ0v) is 16.4. The van der Waals surface area contributed by atoms with Crippen LogP contribution >= 0.6 is 0 Å². The average molecular weight is 398 g/mol. The number of rotatable bonds is 7. The van der Waals surface area contributed by atoms with Gasteiger partial charge in [0.05, 0.1) is 32.4 Å². The Hall–Kier alpha value is -3.39. The maximum Gasteiger partial charge on any atom is 0.295 e. The number of amides is 1. The smallest absolute Gasteiger partial charge is 0.295 e. The lowest BCUT2D eigenvalue weighted by Crippen LogP contribution is -2.32. The summed E-state index contributed by atoms with van der Waals surface area (Å²) in [7, 11) is 4.49. The van der Waals surface area contributed by atoms with E-state index in [0.717, 1.165) is 0 Å². The molecule has 2 heterocycles. The van der Waals surface area contributed by atoms with Crippen LogP contribution in [0.4, 0.5) is 0 Å². The number of hydrogen-bond acceptors (Lipinski definition) is 7. The number of Topliss-reactive ketones (excluding diaryl/α,β-unsaturated/α-hetero) is 1. The Kier molecular flexibility index (Phi) is 6.13. The molecule has 1 atom stereocenters. The number of ether oxygens (including phenoxy) is 3. The maximum atomic E-state index is 12.9. The van der Waals surface area contributed by atoms with Gasteiger partial charge >= 0.3 is 0 Å². The molecular formula is C21H22N2O6. The number of ketones is 1. The lowest BCUT2D eigenvalue weighted by Gasteiger charge is -2.26. The monoisotopic (exact) mass is 398 g/mol. The summed E-state index contributed by atoms with van der Waals surface area (Å²) in [6, 6.07) is 7.46. The average Bonchev–Trinajstić information content (AvgIpc) is 3.01. The number of methoxy groups -OCH3 is 3. The molecule has 1 aliphatic heterocycles. The number of aliphatic hydroxyl groups excluding tert-OH is 1. The van der Waals surface area contributed by atoms with Gasteiger partial charge in [-0.05, 0) is 18.2 Å². The molecule has 1 aliphatic rings. The molecule has 1 N–H and O–H groups in total. The number of aromatic nitrogens is 1. The quantitative estimate of drug-likeness (QED) is 0.434. The van der Waals surface area contributed by atoms with E-state index in [0.29, 0.717) is 22.6 Å². The van der Waals surface area contributed by atoms with Gasteiger partial charge in [0.25, 0.3) is 11.7 Å². The summed E-state index contributed by atoms with van der Waals surface area (Å²) in [6.45, 7) is 0.393. The van der Waals surface area contributed by atoms with Gasteiger partial charge in [0.2, 0.25) is 0 Å². The highest BCUT2D eigenvalue weighted by Crippen LogP contribution is 2.45. The van der Waals surface area contributed by atoms with Gasteiger partial charge in [-0.15, -0.1) is 0 Å². The number of carbonyl (C=O) groups is 2. The molecule has 0 spiro atoms. The van der Waals surface area contributed by atoms with Crippen LogP contribution in [0.3, 0.4) is 0 Å². The highest BCUT2D eigenvalue weighted by molar-refractivity contribution is 6.46. The van der Waals surface area contributed by atoms with Gasteiger partial charge in [-0.25, -0.2) is 0 Å². The zero-order chi connectivity index (χ0) is 21.0. The van der Waals surface area contributed by atoms with E-state index >= 15 is 0 Å². The largest absolute Gasteiger partial charge is 0.507 e. The highest BCUT2D eigenvalue weighted by Gasteiger charge is 2.47. The van der Waals surface area contributed by atoms with Crippen molar-refractivity contribution in [2.24, 2.45) is 0 Å². The molecule has 1 amide bonds. The Bertz CT molecular complexity index is 941. The molecule has 8 nitrogen and oxygen atoms in total. The van der Waals surface area contributed by atoms with Crippen molar-refractivity contribution in [1.29, 1.82) is 0 Å². The number of likely N-dealkylation sites (tertiary alicyclic amines) is 1. The Morgan fingerprint density at radius 3 is 2.45 bits per heavy atom. The van der Waals surface area contributed by atoms with Crippen LogP contribution in [-0.4, -0.2) is 61.2 Å². The molecule has 29 heavy (non-hydrogen) atoms. The van der Waals surface area contributed by atoms with Gasteiger partial charge in [0.1, 0.15) is 5.76 Å². The minimum absolute atomic E-state index is 0.0242. The van der Waals surface area contributed by atoms with Gasteiger partial charge in [0.15, 0.2) is 11.5 Å². The molecule has 152 valence electrons. The summed E-state index contributed by atoms with van der Waals surface area (Å²) < 4.78 is 16.0. The summed E-state index contributed by atoms with van der Waals surface area (Å²) in [6.07, 6.45) is 2.99. The van der Waals surface area contributed by atoms with E-state index in [4.69, 9.17) is 14.2 Å². The first kappa shape index (κ1) is 20.3. The second kappa shape index (κ2) is 8.74. The summed E-state index contributed by atoms with van der Waals surface area (Å²) in [5, 5.41) is 10.9. The normalized spacial score (nSPS) is 18.2. The first-order chi connectivity index (χ1) is 14.0. The van der Waals surface area contributed by atoms with E-state index in [1.54, 1.807) is 30.3 Å². The van der Waals surface area contributed by atoms with E-state index in [2.05, 4.69) is 4.98 Å². The third-order valence-electron chi connectivity index (χ3n) is 4.76. The molecule has 8 heteroatoms. The third kappa shape index (κ3) is 3.66. The molecule has 0 aliphatic carbocycles. The van der Waals surface area contributed by atoms with Crippen molar-refractivity contribution in [2.45, 2.75) is 6.04 Å². The van der Waals surface area contributed by atoms with E-state index < -0.39 is 17.7 Å². The Morgan fingerprint density at radius 2 is 1.83 bits per heavy atom. The van der Waals surface area contributed by atoms with Gasteiger partial charge in [-0.2, -0.15) is 0 Å². The SMILES string of the molecule is COCCN1C(=O)C(=O)/C(=C(/O)c2ccncc2)C1c1cccc(OC)c1OC. The topological polar surface area (TPSA) is 98.2 Å². The fourth-order valence-electron chi connectivity index (χ4n) is 3.42. The van der Waals surface area contributed by atoms with Gasteiger partial charge in [-0.3, -0.25) is 14.6 Å². The van der Waals surface area contributed by atoms with Crippen molar-refractivity contribution in [3.05, 3.63) is 59.4 Å². The molecule has 1 fully saturated rings. The summed E-state index contributed by atoms with van der Waals surface area (Å²) in [5.74, 6) is -0.936. The number of para-hydroxylation sites is 1. The Balaban J connectivity index is 2.25. The second-order valence-electron chi connectivity index (χ2n) is 6.30. The van der Waals surface area contributed by atoms with E-state index in [1.807, 2.05) is 0 Å². The number of hydrogen-bond donors (Lipinski definition) is 1. The van der Waals surface area contributed by atoms with Crippen LogP contribution in [0.5, 0.6) is 11.5 Å². The predicted molar refractivity (Wildman–Crippen MR) is 105 cm³/mol. The van der Waals surface area contributed by atoms with Crippen LogP contribution in [-0.2, 0) is 14.3 Å². The van der Waals surface area contributed by atoms with E-state index in [1.165, 1.54) is 38.6 Å². The predicted octanol–water partition coefficient (Wildman–Crippen LogP) is 2.17. The lowest BCUT2D eigenvalue weighted by molar-refractivity contribution is -0.140. The highest BCUT2D eigenvalue weighted by atomic mass is 16.5. The standard InChI is InChI=1S/C21H22N2O6/c1-27-12-11-23-17(14-5-4-6-15(28-2)20(14)29-3)16(19(25)21(23)26)18(24)13-7-9-22-10-8-13/h4-10,17,24H,11-12H2,1-3H3/b18-16+. The minimum atomic E-state index is -0.858. The minimum Gasteiger partial charge on any atom is -0.507 e. The molecule has 2 aromatic rings. The maximum absolute atomic E-state index is 12.9. The van der Waals surface area contributed by atoms with Gasteiger partial charge in [0, 0.05) is 37.2 Å². The van der Waals surface area contributed by atoms with Crippen LogP contribution in [0, 0.1) is 0 Å². The van der Waals surface area contributed by atoms with Crippen molar-refractivity contribution in [3.63, 3.8) is 0 Å². The van der Waals surface area contributed by atoms with Gasteiger partial charge < -0.3 is 24.2 Å². The number of benzene rings is 1. The molecule has 1 saturated heterocycles. The van der Waals surface area contributed by atoms with Crippen LogP contribution < -0.4 is 9.47 Å². The van der Waals surface area contributed by atoms with Crippen LogP contribution in [0.15, 0.2) is 48.3 Å². The van der Waals surface area contributed by atoms with Crippen molar-refractivity contribution in [1.82, 2.24) is 9.88 Å². The molecular weight excluding hydrogens is 376 g/mol. The summed E-state index contributed by atoms with van der Waals surface area (Å²) in [5.41, 5.74) is 0.887. The number of carbonyl (C=O) groups excluding carboxylic acids is 2. The molecule has 0 saturated carbocycles. The van der Waals surface area contributed by atoms with Crippen molar-refractivity contribution < 1.29 is 28.9 Å². The molecule has 3 rings (SSSR count). The van der Waals surface area contributed by atoms with Crippen molar-refractivity contribution >= 4 is 17.4 Å². The zero-order valence-electron chi connectivity index (χ0n) is 16.4. The van der Waals surface area contributed by atoms with Gasteiger partial charge in [-0.1, -0.05) is 12.1 Å². The summed E-state index contributed by atoms with van der Waals surface area (Å²) >= 11 is 0. The molecule has 1 unspecified atom stereocenters. The van der Waals surface area contributed by atoms with E-state index in [-0.39, 0.29) is 24.5 Å². The summed E-state index contributed by atoms with van der Waals surface area (Å²) in [4.78, 5) is 31.0. The first-order valence-electron chi connectivity index (χ1n) is 8.93. The number of pyridine rings is 1. The van der Waals surface area contributed by atoms with E-state index in [9.17, 15) is 14.7 Å².